The molecule has 154 valence electrons. The molecule has 0 unspecified atom stereocenters. The molecule has 1 aromatic carbocycles. The van der Waals surface area contributed by atoms with Gasteiger partial charge in [0.1, 0.15) is 5.82 Å². The Hall–Kier alpha value is -2.73. The predicted molar refractivity (Wildman–Crippen MR) is 115 cm³/mol. The SMILES string of the molecule is Cc1ccnc(NC(=O)CCC(=O)NCCN2CCC[C@H](c3ccccc3)C2)c1. The second-order valence-corrected chi connectivity index (χ2v) is 7.67. The van der Waals surface area contributed by atoms with Crippen LogP contribution in [0.1, 0.15) is 42.7 Å². The maximum Gasteiger partial charge on any atom is 0.226 e. The number of aryl methyl sites for hydroxylation is 1. The molecule has 1 atom stereocenters. The number of aromatic nitrogens is 1. The van der Waals surface area contributed by atoms with Crippen molar-refractivity contribution in [2.75, 3.05) is 31.5 Å². The lowest BCUT2D eigenvalue weighted by Crippen LogP contribution is -2.40. The van der Waals surface area contributed by atoms with Crippen molar-refractivity contribution in [2.45, 2.75) is 38.5 Å². The van der Waals surface area contributed by atoms with Crippen molar-refractivity contribution < 1.29 is 9.59 Å². The van der Waals surface area contributed by atoms with E-state index >= 15 is 0 Å². The fourth-order valence-corrected chi connectivity index (χ4v) is 3.73. The summed E-state index contributed by atoms with van der Waals surface area (Å²) in [6.45, 7) is 5.50. The highest BCUT2D eigenvalue weighted by molar-refractivity contribution is 5.92. The van der Waals surface area contributed by atoms with Gasteiger partial charge in [-0.25, -0.2) is 4.98 Å². The second-order valence-electron chi connectivity index (χ2n) is 7.67. The van der Waals surface area contributed by atoms with Crippen LogP contribution in [-0.2, 0) is 9.59 Å². The van der Waals surface area contributed by atoms with Crippen molar-refractivity contribution in [1.29, 1.82) is 0 Å². The first-order chi connectivity index (χ1) is 14.1. The van der Waals surface area contributed by atoms with Crippen LogP contribution in [0, 0.1) is 6.92 Å². The molecular weight excluding hydrogens is 364 g/mol. The molecule has 0 radical (unpaired) electrons. The maximum absolute atomic E-state index is 12.1. The molecule has 0 spiro atoms. The zero-order chi connectivity index (χ0) is 20.5. The van der Waals surface area contributed by atoms with E-state index in [9.17, 15) is 9.59 Å². The number of benzene rings is 1. The van der Waals surface area contributed by atoms with Crippen molar-refractivity contribution in [3.8, 4) is 0 Å². The molecule has 2 N–H and O–H groups in total. The molecule has 1 saturated heterocycles. The third-order valence-corrected chi connectivity index (χ3v) is 5.29. The molecule has 2 heterocycles. The van der Waals surface area contributed by atoms with Gasteiger partial charge in [-0.3, -0.25) is 9.59 Å². The van der Waals surface area contributed by atoms with E-state index in [0.29, 0.717) is 18.3 Å². The molecule has 3 rings (SSSR count). The third kappa shape index (κ3) is 6.98. The molecule has 6 nitrogen and oxygen atoms in total. The number of hydrogen-bond donors (Lipinski definition) is 2. The summed E-state index contributed by atoms with van der Waals surface area (Å²) in [6.07, 6.45) is 4.39. The fraction of sp³-hybridized carbons (Fsp3) is 0.435. The van der Waals surface area contributed by atoms with Crippen molar-refractivity contribution in [3.05, 3.63) is 59.8 Å². The number of carbonyl (C=O) groups is 2. The second kappa shape index (κ2) is 10.7. The Morgan fingerprint density at radius 1 is 1.14 bits per heavy atom. The summed E-state index contributed by atoms with van der Waals surface area (Å²) in [7, 11) is 0. The minimum absolute atomic E-state index is 0.0889. The van der Waals surface area contributed by atoms with E-state index in [2.05, 4.69) is 50.8 Å². The van der Waals surface area contributed by atoms with E-state index in [0.717, 1.165) is 25.2 Å². The van der Waals surface area contributed by atoms with Crippen molar-refractivity contribution in [2.24, 2.45) is 0 Å². The number of amides is 2. The lowest BCUT2D eigenvalue weighted by atomic mass is 9.91. The van der Waals surface area contributed by atoms with Gasteiger partial charge in [0.2, 0.25) is 11.8 Å². The topological polar surface area (TPSA) is 74.3 Å². The summed E-state index contributed by atoms with van der Waals surface area (Å²) < 4.78 is 0. The van der Waals surface area contributed by atoms with Crippen LogP contribution in [0.25, 0.3) is 0 Å². The largest absolute Gasteiger partial charge is 0.355 e. The molecule has 0 bridgehead atoms. The Morgan fingerprint density at radius 3 is 2.72 bits per heavy atom. The van der Waals surface area contributed by atoms with E-state index in [1.165, 1.54) is 18.4 Å². The van der Waals surface area contributed by atoms with E-state index in [1.807, 2.05) is 13.0 Å². The lowest BCUT2D eigenvalue weighted by molar-refractivity contribution is -0.124. The first kappa shape index (κ1) is 21.0. The van der Waals surface area contributed by atoms with Crippen LogP contribution in [0.15, 0.2) is 48.7 Å². The minimum atomic E-state index is -0.194. The zero-order valence-electron chi connectivity index (χ0n) is 17.1. The normalized spacial score (nSPS) is 16.9. The van der Waals surface area contributed by atoms with Gasteiger partial charge in [0.05, 0.1) is 0 Å². The smallest absolute Gasteiger partial charge is 0.226 e. The molecule has 1 fully saturated rings. The highest BCUT2D eigenvalue weighted by atomic mass is 16.2. The van der Waals surface area contributed by atoms with Gasteiger partial charge in [-0.2, -0.15) is 0 Å². The Bertz CT molecular complexity index is 810. The number of hydrogen-bond acceptors (Lipinski definition) is 4. The first-order valence-electron chi connectivity index (χ1n) is 10.4. The van der Waals surface area contributed by atoms with Crippen LogP contribution in [-0.4, -0.2) is 47.9 Å². The van der Waals surface area contributed by atoms with Gasteiger partial charge in [0.15, 0.2) is 0 Å². The van der Waals surface area contributed by atoms with E-state index in [1.54, 1.807) is 12.3 Å². The van der Waals surface area contributed by atoms with Gasteiger partial charge in [-0.1, -0.05) is 30.3 Å². The van der Waals surface area contributed by atoms with Gasteiger partial charge in [0, 0.05) is 38.7 Å². The highest BCUT2D eigenvalue weighted by Gasteiger charge is 2.20. The zero-order valence-corrected chi connectivity index (χ0v) is 17.1. The summed E-state index contributed by atoms with van der Waals surface area (Å²) in [6, 6.07) is 14.3. The van der Waals surface area contributed by atoms with Crippen molar-refractivity contribution >= 4 is 17.6 Å². The quantitative estimate of drug-likeness (QED) is 0.721. The summed E-state index contributed by atoms with van der Waals surface area (Å²) in [5.41, 5.74) is 2.43. The van der Waals surface area contributed by atoms with Crippen LogP contribution in [0.4, 0.5) is 5.82 Å². The molecule has 0 aliphatic carbocycles. The molecule has 6 heteroatoms. The van der Waals surface area contributed by atoms with Crippen LogP contribution < -0.4 is 10.6 Å². The van der Waals surface area contributed by atoms with Crippen molar-refractivity contribution in [3.63, 3.8) is 0 Å². The summed E-state index contributed by atoms with van der Waals surface area (Å²) >= 11 is 0. The summed E-state index contributed by atoms with van der Waals surface area (Å²) in [4.78, 5) is 30.5. The maximum atomic E-state index is 12.1. The molecule has 1 aromatic heterocycles. The molecule has 2 amide bonds. The number of carbonyl (C=O) groups excluding carboxylic acids is 2. The minimum Gasteiger partial charge on any atom is -0.355 e. The highest BCUT2D eigenvalue weighted by Crippen LogP contribution is 2.26. The summed E-state index contributed by atoms with van der Waals surface area (Å²) in [5, 5.41) is 5.66. The molecule has 0 saturated carbocycles. The van der Waals surface area contributed by atoms with Gasteiger partial charge >= 0.3 is 0 Å². The predicted octanol–water partition coefficient (Wildman–Crippen LogP) is 3.10. The monoisotopic (exact) mass is 394 g/mol. The Kier molecular flexibility index (Phi) is 7.76. The molecule has 29 heavy (non-hydrogen) atoms. The number of nitrogens with zero attached hydrogens (tertiary/aromatic N) is 2. The fourth-order valence-electron chi connectivity index (χ4n) is 3.73. The molecule has 1 aliphatic rings. The number of rotatable bonds is 8. The van der Waals surface area contributed by atoms with Gasteiger partial charge < -0.3 is 15.5 Å². The van der Waals surface area contributed by atoms with Crippen LogP contribution in [0.3, 0.4) is 0 Å². The number of likely N-dealkylation sites (tertiary alicyclic amines) is 1. The third-order valence-electron chi connectivity index (χ3n) is 5.29. The van der Waals surface area contributed by atoms with E-state index in [-0.39, 0.29) is 24.7 Å². The molecular formula is C23H30N4O2. The van der Waals surface area contributed by atoms with E-state index < -0.39 is 0 Å². The number of anilines is 1. The Morgan fingerprint density at radius 2 is 1.93 bits per heavy atom. The Labute approximate surface area is 172 Å². The lowest BCUT2D eigenvalue weighted by Gasteiger charge is -2.33. The number of piperidine rings is 1. The first-order valence-corrected chi connectivity index (χ1v) is 10.4. The Balaban J connectivity index is 1.33. The van der Waals surface area contributed by atoms with Gasteiger partial charge in [-0.05, 0) is 55.5 Å². The standard InChI is InChI=1S/C23H30N4O2/c1-18-11-12-24-21(16-18)26-23(29)10-9-22(28)25-13-15-27-14-5-8-20(17-27)19-6-3-2-4-7-19/h2-4,6-7,11-12,16,20H,5,8-10,13-15,17H2,1H3,(H,25,28)(H,24,26,29)/t20-/m0/s1. The van der Waals surface area contributed by atoms with Crippen molar-refractivity contribution in [1.82, 2.24) is 15.2 Å². The number of pyridine rings is 1. The molecule has 2 aromatic rings. The van der Waals surface area contributed by atoms with Crippen LogP contribution >= 0.6 is 0 Å². The van der Waals surface area contributed by atoms with Gasteiger partial charge in [0.25, 0.3) is 0 Å². The van der Waals surface area contributed by atoms with Gasteiger partial charge in [-0.15, -0.1) is 0 Å². The molecule has 1 aliphatic heterocycles. The van der Waals surface area contributed by atoms with Crippen LogP contribution in [0.2, 0.25) is 0 Å². The number of nitrogens with one attached hydrogen (secondary N) is 2. The average Bonchev–Trinajstić information content (AvgIpc) is 2.73. The summed E-state index contributed by atoms with van der Waals surface area (Å²) in [5.74, 6) is 0.807. The van der Waals surface area contributed by atoms with E-state index in [4.69, 9.17) is 0 Å². The van der Waals surface area contributed by atoms with Crippen LogP contribution in [0.5, 0.6) is 0 Å². The average molecular weight is 395 g/mol.